The average molecular weight is 831 g/mol. The summed E-state index contributed by atoms with van der Waals surface area (Å²) in [5.41, 5.74) is 9.46. The van der Waals surface area contributed by atoms with Crippen molar-refractivity contribution in [3.63, 3.8) is 0 Å². The largest absolute Gasteiger partial charge is 0.493 e. The lowest BCUT2D eigenvalue weighted by Crippen LogP contribution is -2.57. The molecule has 8 rings (SSSR count). The Morgan fingerprint density at radius 2 is 1.55 bits per heavy atom. The van der Waals surface area contributed by atoms with E-state index in [9.17, 15) is 19.5 Å². The van der Waals surface area contributed by atoms with Crippen LogP contribution >= 0.6 is 0 Å². The van der Waals surface area contributed by atoms with Crippen LogP contribution in [0.3, 0.4) is 0 Å². The molecule has 5 aromatic carbocycles. The fourth-order valence-electron chi connectivity index (χ4n) is 8.04. The summed E-state index contributed by atoms with van der Waals surface area (Å²) < 4.78 is 18.7. The first-order valence-electron chi connectivity index (χ1n) is 21.0. The quantitative estimate of drug-likeness (QED) is 0.105. The highest BCUT2D eigenvalue weighted by Crippen LogP contribution is 2.41. The molecule has 0 spiro atoms. The molecule has 0 radical (unpaired) electrons. The summed E-state index contributed by atoms with van der Waals surface area (Å²) in [6, 6.07) is 37.9. The summed E-state index contributed by atoms with van der Waals surface area (Å²) in [6.45, 7) is 6.80. The second-order valence-electron chi connectivity index (χ2n) is 15.9. The number of aryl methyl sites for hydroxylation is 1. The summed E-state index contributed by atoms with van der Waals surface area (Å²) in [5, 5.41) is 16.2. The molecule has 4 atom stereocenters. The molecule has 0 fully saturated rings. The fraction of sp³-hybridized carbons (Fsp3) is 0.255. The number of rotatable bonds is 13. The van der Waals surface area contributed by atoms with Crippen LogP contribution in [-0.2, 0) is 35.4 Å². The minimum atomic E-state index is -1.24. The first kappa shape index (κ1) is 41.6. The monoisotopic (exact) mass is 830 g/mol. The third-order valence-corrected chi connectivity index (χ3v) is 11.8. The first-order valence-corrected chi connectivity index (χ1v) is 21.0. The third kappa shape index (κ3) is 9.57. The summed E-state index contributed by atoms with van der Waals surface area (Å²) in [6.07, 6.45) is 2.41. The standard InChI is InChI=1S/C51H50N4O7/c1-32-33(2)52-24-22-43(32)38-16-14-36(15-17-38)26-44(50(57)58)54-49(56)45-27-40-28-46-47(29-41(40)30-55(45)51(59)53-34(3)37-12-8-5-9-13-37)62-48(31-61-46)39-18-20-42(21-19-39)60-25-23-35-10-6-4-7-11-35/h4-22,24,28-29,34,44-45,48H,23,25-27,30-31H2,1-3H3,(H,53,59)(H,54,56)(H,57,58). The van der Waals surface area contributed by atoms with E-state index >= 15 is 0 Å². The van der Waals surface area contributed by atoms with E-state index in [1.807, 2.05) is 136 Å². The van der Waals surface area contributed by atoms with E-state index < -0.39 is 30.0 Å². The van der Waals surface area contributed by atoms with Gasteiger partial charge >= 0.3 is 12.0 Å². The Labute approximate surface area is 361 Å². The van der Waals surface area contributed by atoms with E-state index in [4.69, 9.17) is 14.2 Å². The molecule has 2 aliphatic heterocycles. The molecular formula is C51H50N4O7. The number of carbonyl (C=O) groups excluding carboxylic acids is 2. The predicted octanol–water partition coefficient (Wildman–Crippen LogP) is 8.51. The molecule has 3 N–H and O–H groups in total. The van der Waals surface area contributed by atoms with Crippen molar-refractivity contribution in [3.8, 4) is 28.4 Å². The van der Waals surface area contributed by atoms with Gasteiger partial charge < -0.3 is 34.9 Å². The maximum Gasteiger partial charge on any atom is 0.326 e. The van der Waals surface area contributed by atoms with Gasteiger partial charge in [0.15, 0.2) is 17.6 Å². The minimum absolute atomic E-state index is 0.0557. The second kappa shape index (κ2) is 18.6. The second-order valence-corrected chi connectivity index (χ2v) is 15.9. The fourth-order valence-corrected chi connectivity index (χ4v) is 8.04. The topological polar surface area (TPSA) is 139 Å². The zero-order valence-corrected chi connectivity index (χ0v) is 35.0. The Kier molecular flexibility index (Phi) is 12.5. The summed E-state index contributed by atoms with van der Waals surface area (Å²) >= 11 is 0. The number of amides is 3. The van der Waals surface area contributed by atoms with Gasteiger partial charge in [0.25, 0.3) is 0 Å². The van der Waals surface area contributed by atoms with Gasteiger partial charge in [-0.2, -0.15) is 0 Å². The van der Waals surface area contributed by atoms with Crippen molar-refractivity contribution in [2.75, 3.05) is 13.2 Å². The summed E-state index contributed by atoms with van der Waals surface area (Å²) in [5.74, 6) is 0.111. The van der Waals surface area contributed by atoms with Crippen LogP contribution in [0.25, 0.3) is 11.1 Å². The summed E-state index contributed by atoms with van der Waals surface area (Å²) in [4.78, 5) is 46.9. The van der Waals surface area contributed by atoms with Crippen molar-refractivity contribution in [2.45, 2.75) is 70.8 Å². The molecule has 0 saturated heterocycles. The highest BCUT2D eigenvalue weighted by Gasteiger charge is 2.38. The predicted molar refractivity (Wildman–Crippen MR) is 236 cm³/mol. The zero-order valence-electron chi connectivity index (χ0n) is 35.0. The molecule has 2 aliphatic rings. The van der Waals surface area contributed by atoms with E-state index in [2.05, 4.69) is 27.8 Å². The number of aliphatic carboxylic acids is 1. The van der Waals surface area contributed by atoms with Crippen LogP contribution in [0, 0.1) is 13.8 Å². The molecule has 3 heterocycles. The Balaban J connectivity index is 0.981. The van der Waals surface area contributed by atoms with E-state index in [0.717, 1.165) is 62.4 Å². The highest BCUT2D eigenvalue weighted by molar-refractivity contribution is 5.91. The van der Waals surface area contributed by atoms with Crippen molar-refractivity contribution >= 4 is 17.9 Å². The number of pyridine rings is 1. The van der Waals surface area contributed by atoms with Crippen LogP contribution in [-0.4, -0.2) is 58.2 Å². The van der Waals surface area contributed by atoms with Gasteiger partial charge in [-0.15, -0.1) is 0 Å². The van der Waals surface area contributed by atoms with Gasteiger partial charge in [0.05, 0.1) is 12.6 Å². The van der Waals surface area contributed by atoms with Crippen molar-refractivity contribution in [1.82, 2.24) is 20.5 Å². The molecule has 3 amide bonds. The van der Waals surface area contributed by atoms with Gasteiger partial charge in [0.2, 0.25) is 5.91 Å². The molecule has 0 aliphatic carbocycles. The number of ether oxygens (including phenoxy) is 3. The van der Waals surface area contributed by atoms with Gasteiger partial charge in [-0.3, -0.25) is 9.78 Å². The Morgan fingerprint density at radius 1 is 0.839 bits per heavy atom. The lowest BCUT2D eigenvalue weighted by atomic mass is 9.92. The number of nitrogens with one attached hydrogen (secondary N) is 2. The van der Waals surface area contributed by atoms with Gasteiger partial charge in [-0.05, 0) is 101 Å². The number of carboxylic acid groups (broad SMARTS) is 1. The molecule has 0 saturated carbocycles. The molecule has 4 unspecified atom stereocenters. The molecule has 62 heavy (non-hydrogen) atoms. The molecule has 1 aromatic heterocycles. The lowest BCUT2D eigenvalue weighted by Gasteiger charge is -2.38. The number of nitrogens with zero attached hydrogens (tertiary/aromatic N) is 2. The van der Waals surface area contributed by atoms with Gasteiger partial charge in [0, 0.05) is 37.7 Å². The number of carbonyl (C=O) groups is 3. The number of hydrogen-bond donors (Lipinski definition) is 3. The van der Waals surface area contributed by atoms with Gasteiger partial charge in [-0.25, -0.2) is 9.59 Å². The number of carboxylic acids is 1. The average Bonchev–Trinajstić information content (AvgIpc) is 3.29. The van der Waals surface area contributed by atoms with E-state index in [-0.39, 0.29) is 38.1 Å². The molecular weight excluding hydrogens is 781 g/mol. The number of fused-ring (bicyclic) bond motifs is 2. The number of urea groups is 1. The van der Waals surface area contributed by atoms with Crippen LogP contribution in [0.1, 0.15) is 63.7 Å². The van der Waals surface area contributed by atoms with Crippen LogP contribution < -0.4 is 24.8 Å². The smallest absolute Gasteiger partial charge is 0.326 e. The van der Waals surface area contributed by atoms with Crippen molar-refractivity contribution < 1.29 is 33.7 Å². The number of benzene rings is 5. The molecule has 0 bridgehead atoms. The van der Waals surface area contributed by atoms with Crippen LogP contribution in [0.4, 0.5) is 4.79 Å². The molecule has 316 valence electrons. The maximum atomic E-state index is 14.3. The Hall–Kier alpha value is -7.14. The van der Waals surface area contributed by atoms with E-state index in [1.165, 1.54) is 10.5 Å². The Bertz CT molecular complexity index is 2530. The first-order chi connectivity index (χ1) is 30.1. The van der Waals surface area contributed by atoms with E-state index in [0.29, 0.717) is 18.1 Å². The molecule has 6 aromatic rings. The van der Waals surface area contributed by atoms with E-state index in [1.54, 1.807) is 6.20 Å². The van der Waals surface area contributed by atoms with Crippen LogP contribution in [0.5, 0.6) is 17.2 Å². The van der Waals surface area contributed by atoms with Gasteiger partial charge in [0.1, 0.15) is 24.4 Å². The zero-order chi connectivity index (χ0) is 43.2. The SMILES string of the molecule is Cc1nccc(-c2ccc(CC(NC(=O)C3Cc4cc5c(cc4CN3C(=O)NC(C)c3ccccc3)OC(c3ccc(OCCc4ccccc4)cc3)CO5)C(=O)O)cc2)c1C. The Morgan fingerprint density at radius 3 is 2.27 bits per heavy atom. The van der Waals surface area contributed by atoms with Crippen LogP contribution in [0.2, 0.25) is 0 Å². The molecule has 11 heteroatoms. The van der Waals surface area contributed by atoms with Crippen molar-refractivity contribution in [2.24, 2.45) is 0 Å². The highest BCUT2D eigenvalue weighted by atomic mass is 16.6. The minimum Gasteiger partial charge on any atom is -0.493 e. The number of aromatic nitrogens is 1. The van der Waals surface area contributed by atoms with Crippen LogP contribution in [0.15, 0.2) is 134 Å². The van der Waals surface area contributed by atoms with Gasteiger partial charge in [-0.1, -0.05) is 97.1 Å². The normalized spacial score (nSPS) is 16.3. The van der Waals surface area contributed by atoms with Crippen molar-refractivity contribution in [3.05, 3.63) is 178 Å². The summed E-state index contributed by atoms with van der Waals surface area (Å²) in [7, 11) is 0. The number of hydrogen-bond acceptors (Lipinski definition) is 7. The molecule has 11 nitrogen and oxygen atoms in total. The van der Waals surface area contributed by atoms with Crippen molar-refractivity contribution in [1.29, 1.82) is 0 Å². The lowest BCUT2D eigenvalue weighted by molar-refractivity contribution is -0.142. The third-order valence-electron chi connectivity index (χ3n) is 11.8. The maximum absolute atomic E-state index is 14.3.